The molecular weight excluding hydrogens is 290 g/mol. The van der Waals surface area contributed by atoms with Crippen molar-refractivity contribution in [2.24, 2.45) is 0 Å². The van der Waals surface area contributed by atoms with Crippen LogP contribution in [0, 0.1) is 6.92 Å². The average molecular weight is 300 g/mol. The molecule has 0 spiro atoms. The van der Waals surface area contributed by atoms with E-state index in [0.29, 0.717) is 0 Å². The third kappa shape index (κ3) is 1.28. The highest BCUT2D eigenvalue weighted by Crippen LogP contribution is 2.45. The summed E-state index contributed by atoms with van der Waals surface area (Å²) in [4.78, 5) is 14.7. The van der Waals surface area contributed by atoms with Crippen molar-refractivity contribution in [1.29, 1.82) is 0 Å². The summed E-state index contributed by atoms with van der Waals surface area (Å²) in [6, 6.07) is 0. The number of ether oxygens (including phenoxy) is 1. The normalized spacial score (nSPS) is 18.8. The Labute approximate surface area is 105 Å². The van der Waals surface area contributed by atoms with Crippen molar-refractivity contribution in [3.05, 3.63) is 25.4 Å². The Hall–Kier alpha value is -0.810. The molecule has 0 saturated heterocycles. The van der Waals surface area contributed by atoms with Crippen LogP contribution in [0.3, 0.4) is 0 Å². The van der Waals surface area contributed by atoms with Gasteiger partial charge in [0.25, 0.3) is 5.56 Å². The summed E-state index contributed by atoms with van der Waals surface area (Å²) in [5.41, 5.74) is 2.15. The van der Waals surface area contributed by atoms with E-state index in [0.717, 1.165) is 31.7 Å². The van der Waals surface area contributed by atoms with E-state index >= 15 is 0 Å². The summed E-state index contributed by atoms with van der Waals surface area (Å²) in [6.45, 7) is 3.99. The van der Waals surface area contributed by atoms with Gasteiger partial charge in [-0.05, 0) is 35.3 Å². The van der Waals surface area contributed by atoms with Gasteiger partial charge in [-0.25, -0.2) is 0 Å². The zero-order chi connectivity index (χ0) is 11.4. The Bertz CT molecular complexity index is 643. The van der Waals surface area contributed by atoms with Crippen LogP contribution >= 0.6 is 27.3 Å². The first-order valence-corrected chi connectivity index (χ1v) is 6.69. The maximum absolute atomic E-state index is 11.8. The maximum Gasteiger partial charge on any atom is 0.266 e. The second kappa shape index (κ2) is 3.34. The summed E-state index contributed by atoms with van der Waals surface area (Å²) in [6.07, 6.45) is 1.01. The molecule has 3 heterocycles. The first kappa shape index (κ1) is 10.4. The lowest BCUT2D eigenvalue weighted by molar-refractivity contribution is 0.217. The molecule has 0 fully saturated rings. The first-order valence-electron chi connectivity index (χ1n) is 5.08. The quantitative estimate of drug-likeness (QED) is 0.812. The van der Waals surface area contributed by atoms with E-state index < -0.39 is 0 Å². The van der Waals surface area contributed by atoms with Crippen molar-refractivity contribution in [3.63, 3.8) is 0 Å². The van der Waals surface area contributed by atoms with Crippen molar-refractivity contribution in [2.75, 3.05) is 0 Å². The van der Waals surface area contributed by atoms with Crippen LogP contribution in [0.5, 0.6) is 5.75 Å². The summed E-state index contributed by atoms with van der Waals surface area (Å²) in [5.74, 6) is 0.836. The molecule has 0 aromatic carbocycles. The number of pyridine rings is 1. The second-order valence-electron chi connectivity index (χ2n) is 4.10. The average Bonchev–Trinajstić information content (AvgIpc) is 2.54. The van der Waals surface area contributed by atoms with E-state index in [-0.39, 0.29) is 11.7 Å². The first-order chi connectivity index (χ1) is 7.58. The molecule has 0 amide bonds. The van der Waals surface area contributed by atoms with Crippen LogP contribution in [0.25, 0.3) is 10.1 Å². The number of hydrogen-bond acceptors (Lipinski definition) is 3. The van der Waals surface area contributed by atoms with Gasteiger partial charge >= 0.3 is 0 Å². The van der Waals surface area contributed by atoms with Gasteiger partial charge in [-0.15, -0.1) is 11.3 Å². The zero-order valence-corrected chi connectivity index (χ0v) is 11.3. The van der Waals surface area contributed by atoms with Crippen LogP contribution in [-0.2, 0) is 6.42 Å². The number of thiophene rings is 1. The van der Waals surface area contributed by atoms with Crippen molar-refractivity contribution < 1.29 is 4.74 Å². The number of hydrogen-bond donors (Lipinski definition) is 1. The Morgan fingerprint density at radius 1 is 1.56 bits per heavy atom. The van der Waals surface area contributed by atoms with Gasteiger partial charge in [0.05, 0.1) is 0 Å². The van der Waals surface area contributed by atoms with E-state index in [9.17, 15) is 4.79 Å². The van der Waals surface area contributed by atoms with Gasteiger partial charge in [-0.2, -0.15) is 0 Å². The van der Waals surface area contributed by atoms with Gasteiger partial charge in [0.2, 0.25) is 0 Å². The summed E-state index contributed by atoms with van der Waals surface area (Å²) >= 11 is 4.91. The number of halogens is 1. The highest BCUT2D eigenvalue weighted by molar-refractivity contribution is 9.11. The van der Waals surface area contributed by atoms with E-state index in [1.165, 1.54) is 16.9 Å². The molecule has 0 saturated carbocycles. The summed E-state index contributed by atoms with van der Waals surface area (Å²) < 4.78 is 7.46. The van der Waals surface area contributed by atoms with Crippen LogP contribution < -0.4 is 10.3 Å². The van der Waals surface area contributed by atoms with Crippen molar-refractivity contribution in [2.45, 2.75) is 26.4 Å². The van der Waals surface area contributed by atoms with Gasteiger partial charge in [0.1, 0.15) is 14.6 Å². The van der Waals surface area contributed by atoms with E-state index in [1.807, 2.05) is 13.8 Å². The SMILES string of the molecule is Cc1[nH]c(=O)c2sc(Br)c3c2c1CC(C)O3. The molecule has 1 aliphatic heterocycles. The number of aromatic amines is 1. The predicted molar refractivity (Wildman–Crippen MR) is 68.7 cm³/mol. The van der Waals surface area contributed by atoms with Gasteiger partial charge in [0, 0.05) is 17.5 Å². The standard InChI is InChI=1S/C11H10BrNO2S/c1-4-3-6-5(2)13-11(14)9-7(6)8(15-4)10(12)16-9/h4H,3H2,1-2H3,(H,13,14). The highest BCUT2D eigenvalue weighted by Gasteiger charge is 2.26. The predicted octanol–water partition coefficient (Wildman–Crippen LogP) is 2.98. The van der Waals surface area contributed by atoms with Crippen LogP contribution in [-0.4, -0.2) is 11.1 Å². The van der Waals surface area contributed by atoms with Gasteiger partial charge in [-0.1, -0.05) is 0 Å². The minimum atomic E-state index is -0.0219. The highest BCUT2D eigenvalue weighted by atomic mass is 79.9. The Balaban J connectivity index is 2.52. The lowest BCUT2D eigenvalue weighted by atomic mass is 10.0. The number of rotatable bonds is 0. The number of H-pyrrole nitrogens is 1. The molecule has 0 radical (unpaired) electrons. The van der Waals surface area contributed by atoms with E-state index in [2.05, 4.69) is 20.9 Å². The fourth-order valence-corrected chi connectivity index (χ4v) is 3.86. The molecule has 1 atom stereocenters. The molecule has 2 aromatic rings. The van der Waals surface area contributed by atoms with Crippen LogP contribution in [0.1, 0.15) is 18.2 Å². The van der Waals surface area contributed by atoms with Gasteiger partial charge in [-0.3, -0.25) is 4.79 Å². The number of nitrogens with one attached hydrogen (secondary N) is 1. The molecule has 84 valence electrons. The van der Waals surface area contributed by atoms with Crippen molar-refractivity contribution in [3.8, 4) is 5.75 Å². The lowest BCUT2D eigenvalue weighted by Gasteiger charge is -2.22. The molecule has 1 unspecified atom stereocenters. The van der Waals surface area contributed by atoms with Crippen LogP contribution in [0.2, 0.25) is 0 Å². The number of aryl methyl sites for hydroxylation is 1. The molecule has 1 aliphatic rings. The molecule has 1 N–H and O–H groups in total. The van der Waals surface area contributed by atoms with Gasteiger partial charge in [0.15, 0.2) is 5.75 Å². The maximum atomic E-state index is 11.8. The fraction of sp³-hybridized carbons (Fsp3) is 0.364. The third-order valence-corrected chi connectivity index (χ3v) is 4.70. The van der Waals surface area contributed by atoms with E-state index in [1.54, 1.807) is 0 Å². The molecular formula is C11H10BrNO2S. The monoisotopic (exact) mass is 299 g/mol. The van der Waals surface area contributed by atoms with Crippen LogP contribution in [0.4, 0.5) is 0 Å². The fourth-order valence-electron chi connectivity index (χ4n) is 2.20. The van der Waals surface area contributed by atoms with Gasteiger partial charge < -0.3 is 9.72 Å². The molecule has 16 heavy (non-hydrogen) atoms. The largest absolute Gasteiger partial charge is 0.488 e. The minimum absolute atomic E-state index is 0.0219. The zero-order valence-electron chi connectivity index (χ0n) is 8.89. The third-order valence-electron chi connectivity index (χ3n) is 2.90. The second-order valence-corrected chi connectivity index (χ2v) is 6.44. The number of aromatic nitrogens is 1. The molecule has 2 aromatic heterocycles. The summed E-state index contributed by atoms with van der Waals surface area (Å²) in [7, 11) is 0. The Kier molecular flexibility index (Phi) is 2.16. The molecule has 3 nitrogen and oxygen atoms in total. The molecule has 0 aliphatic carbocycles. The lowest BCUT2D eigenvalue weighted by Crippen LogP contribution is -2.22. The smallest absolute Gasteiger partial charge is 0.266 e. The van der Waals surface area contributed by atoms with E-state index in [4.69, 9.17) is 4.74 Å². The minimum Gasteiger partial charge on any atom is -0.488 e. The summed E-state index contributed by atoms with van der Waals surface area (Å²) in [5, 5.41) is 0.997. The molecule has 3 rings (SSSR count). The Morgan fingerprint density at radius 3 is 3.06 bits per heavy atom. The van der Waals surface area contributed by atoms with Crippen molar-refractivity contribution >= 4 is 37.4 Å². The Morgan fingerprint density at radius 2 is 2.31 bits per heavy atom. The van der Waals surface area contributed by atoms with Crippen LogP contribution in [0.15, 0.2) is 8.58 Å². The van der Waals surface area contributed by atoms with Crippen molar-refractivity contribution in [1.82, 2.24) is 4.98 Å². The topological polar surface area (TPSA) is 42.1 Å². The molecule has 0 bridgehead atoms. The molecule has 5 heteroatoms.